The maximum absolute atomic E-state index is 13.9. The standard InChI is InChI=1S/C16H25FN2O2S/c1-22(20,21)14-8-9-16(15(17)12-14)19-11-10-18-13-6-4-2-3-5-7-13/h8-9,12-13,18-19H,2-7,10-11H2,1H3. The minimum Gasteiger partial charge on any atom is -0.381 e. The Hall–Kier alpha value is -1.14. The zero-order valence-electron chi connectivity index (χ0n) is 13.1. The maximum atomic E-state index is 13.9. The lowest BCUT2D eigenvalue weighted by atomic mass is 10.1. The molecule has 22 heavy (non-hydrogen) atoms. The molecule has 1 saturated carbocycles. The topological polar surface area (TPSA) is 58.2 Å². The molecule has 0 spiro atoms. The highest BCUT2D eigenvalue weighted by Gasteiger charge is 2.12. The van der Waals surface area contributed by atoms with Crippen molar-refractivity contribution in [1.29, 1.82) is 0 Å². The van der Waals surface area contributed by atoms with Gasteiger partial charge in [-0.1, -0.05) is 25.7 Å². The van der Waals surface area contributed by atoms with E-state index in [9.17, 15) is 12.8 Å². The van der Waals surface area contributed by atoms with Crippen LogP contribution in [0.4, 0.5) is 10.1 Å². The van der Waals surface area contributed by atoms with E-state index in [4.69, 9.17) is 0 Å². The van der Waals surface area contributed by atoms with Crippen molar-refractivity contribution >= 4 is 15.5 Å². The van der Waals surface area contributed by atoms with Crippen molar-refractivity contribution in [2.45, 2.75) is 49.5 Å². The second-order valence-corrected chi connectivity index (χ2v) is 8.00. The quantitative estimate of drug-likeness (QED) is 0.623. The smallest absolute Gasteiger partial charge is 0.175 e. The van der Waals surface area contributed by atoms with Gasteiger partial charge in [0.15, 0.2) is 9.84 Å². The predicted octanol–water partition coefficient (Wildman–Crippen LogP) is 2.95. The van der Waals surface area contributed by atoms with Gasteiger partial charge >= 0.3 is 0 Å². The second kappa shape index (κ2) is 7.92. The monoisotopic (exact) mass is 328 g/mol. The van der Waals surface area contributed by atoms with Crippen molar-refractivity contribution in [3.8, 4) is 0 Å². The van der Waals surface area contributed by atoms with E-state index in [0.29, 0.717) is 18.3 Å². The van der Waals surface area contributed by atoms with Crippen molar-refractivity contribution in [1.82, 2.24) is 5.32 Å². The van der Waals surface area contributed by atoms with Crippen LogP contribution in [0.1, 0.15) is 38.5 Å². The Balaban J connectivity index is 1.79. The number of halogens is 1. The molecule has 0 aromatic heterocycles. The molecule has 0 aliphatic heterocycles. The first-order valence-electron chi connectivity index (χ1n) is 7.94. The van der Waals surface area contributed by atoms with Crippen LogP contribution < -0.4 is 10.6 Å². The van der Waals surface area contributed by atoms with Gasteiger partial charge in [-0.15, -0.1) is 0 Å². The van der Waals surface area contributed by atoms with E-state index in [1.807, 2.05) is 0 Å². The molecule has 1 aromatic rings. The first-order valence-corrected chi connectivity index (χ1v) is 9.83. The number of benzene rings is 1. The molecule has 0 heterocycles. The van der Waals surface area contributed by atoms with Crippen molar-refractivity contribution < 1.29 is 12.8 Å². The highest BCUT2D eigenvalue weighted by Crippen LogP contribution is 2.19. The summed E-state index contributed by atoms with van der Waals surface area (Å²) in [5.74, 6) is -0.530. The Morgan fingerprint density at radius 2 is 1.82 bits per heavy atom. The van der Waals surface area contributed by atoms with Crippen molar-refractivity contribution in [3.63, 3.8) is 0 Å². The summed E-state index contributed by atoms with van der Waals surface area (Å²) in [5, 5.41) is 6.52. The molecular formula is C16H25FN2O2S. The van der Waals surface area contributed by atoms with E-state index in [2.05, 4.69) is 10.6 Å². The fourth-order valence-corrected chi connectivity index (χ4v) is 3.46. The Morgan fingerprint density at radius 3 is 2.41 bits per heavy atom. The molecule has 0 unspecified atom stereocenters. The molecule has 2 N–H and O–H groups in total. The zero-order valence-corrected chi connectivity index (χ0v) is 13.9. The molecule has 0 saturated heterocycles. The lowest BCUT2D eigenvalue weighted by molar-refractivity contribution is 0.468. The van der Waals surface area contributed by atoms with Crippen LogP contribution in [-0.2, 0) is 9.84 Å². The van der Waals surface area contributed by atoms with Gasteiger partial charge in [0.1, 0.15) is 5.82 Å². The molecule has 0 radical (unpaired) electrons. The van der Waals surface area contributed by atoms with E-state index < -0.39 is 15.7 Å². The largest absolute Gasteiger partial charge is 0.381 e. The molecule has 0 bridgehead atoms. The molecule has 0 atom stereocenters. The molecule has 124 valence electrons. The molecule has 4 nitrogen and oxygen atoms in total. The molecule has 2 rings (SSSR count). The number of hydrogen-bond donors (Lipinski definition) is 2. The van der Waals surface area contributed by atoms with E-state index in [0.717, 1.165) is 18.9 Å². The summed E-state index contributed by atoms with van der Waals surface area (Å²) in [4.78, 5) is 0.00660. The lowest BCUT2D eigenvalue weighted by Gasteiger charge is -2.16. The predicted molar refractivity (Wildman–Crippen MR) is 87.5 cm³/mol. The zero-order chi connectivity index (χ0) is 16.0. The normalized spacial score (nSPS) is 17.2. The SMILES string of the molecule is CS(=O)(=O)c1ccc(NCCNC2CCCCCC2)c(F)c1. The average molecular weight is 328 g/mol. The average Bonchev–Trinajstić information content (AvgIpc) is 2.72. The van der Waals surface area contributed by atoms with Gasteiger partial charge in [0, 0.05) is 25.4 Å². The van der Waals surface area contributed by atoms with Crippen LogP contribution in [0.2, 0.25) is 0 Å². The molecule has 1 aromatic carbocycles. The summed E-state index contributed by atoms with van der Waals surface area (Å²) in [7, 11) is -3.37. The molecule has 1 fully saturated rings. The molecule has 0 amide bonds. The maximum Gasteiger partial charge on any atom is 0.175 e. The Kier molecular flexibility index (Phi) is 6.20. The summed E-state index contributed by atoms with van der Waals surface area (Å²) in [6.07, 6.45) is 8.74. The van der Waals surface area contributed by atoms with Gasteiger partial charge in [-0.2, -0.15) is 0 Å². The summed E-state index contributed by atoms with van der Waals surface area (Å²) >= 11 is 0. The Bertz CT molecular complexity index is 582. The van der Waals surface area contributed by atoms with E-state index in [1.54, 1.807) is 0 Å². The van der Waals surface area contributed by atoms with E-state index in [1.165, 1.54) is 50.7 Å². The first kappa shape index (κ1) is 17.2. The number of sulfone groups is 1. The lowest BCUT2D eigenvalue weighted by Crippen LogP contribution is -2.32. The van der Waals surface area contributed by atoms with E-state index in [-0.39, 0.29) is 4.90 Å². The second-order valence-electron chi connectivity index (χ2n) is 5.98. The number of rotatable bonds is 6. The van der Waals surface area contributed by atoms with Crippen LogP contribution in [-0.4, -0.2) is 33.8 Å². The fourth-order valence-electron chi connectivity index (χ4n) is 2.83. The van der Waals surface area contributed by atoms with Gasteiger partial charge in [0.25, 0.3) is 0 Å². The van der Waals surface area contributed by atoms with E-state index >= 15 is 0 Å². The summed E-state index contributed by atoms with van der Waals surface area (Å²) in [5.41, 5.74) is 0.343. The Labute approximate surface area is 132 Å². The fraction of sp³-hybridized carbons (Fsp3) is 0.625. The molecule has 1 aliphatic rings. The van der Waals surface area contributed by atoms with Gasteiger partial charge in [0.2, 0.25) is 0 Å². The third-order valence-electron chi connectivity index (χ3n) is 4.10. The first-order chi connectivity index (χ1) is 10.5. The van der Waals surface area contributed by atoms with Crippen LogP contribution in [0.3, 0.4) is 0 Å². The summed E-state index contributed by atoms with van der Waals surface area (Å²) in [6.45, 7) is 1.39. The van der Waals surface area contributed by atoms with Crippen LogP contribution in [0.5, 0.6) is 0 Å². The van der Waals surface area contributed by atoms with Crippen molar-refractivity contribution in [2.75, 3.05) is 24.7 Å². The third kappa shape index (κ3) is 5.25. The minimum atomic E-state index is -3.37. The van der Waals surface area contributed by atoms with Crippen LogP contribution in [0.15, 0.2) is 23.1 Å². The van der Waals surface area contributed by atoms with Gasteiger partial charge in [-0.25, -0.2) is 12.8 Å². The van der Waals surface area contributed by atoms with Gasteiger partial charge < -0.3 is 10.6 Å². The van der Waals surface area contributed by atoms with Crippen LogP contribution in [0.25, 0.3) is 0 Å². The Morgan fingerprint density at radius 1 is 1.14 bits per heavy atom. The molecule has 6 heteroatoms. The van der Waals surface area contributed by atoms with Crippen LogP contribution in [0, 0.1) is 5.82 Å². The minimum absolute atomic E-state index is 0.00660. The molecule has 1 aliphatic carbocycles. The highest BCUT2D eigenvalue weighted by atomic mass is 32.2. The highest BCUT2D eigenvalue weighted by molar-refractivity contribution is 7.90. The van der Waals surface area contributed by atoms with Crippen molar-refractivity contribution in [3.05, 3.63) is 24.0 Å². The van der Waals surface area contributed by atoms with Crippen molar-refractivity contribution in [2.24, 2.45) is 0 Å². The van der Waals surface area contributed by atoms with Gasteiger partial charge in [-0.3, -0.25) is 0 Å². The number of nitrogens with one attached hydrogen (secondary N) is 2. The van der Waals surface area contributed by atoms with Gasteiger partial charge in [0.05, 0.1) is 10.6 Å². The van der Waals surface area contributed by atoms with Crippen LogP contribution >= 0.6 is 0 Å². The summed E-state index contributed by atoms with van der Waals surface area (Å²) < 4.78 is 36.6. The van der Waals surface area contributed by atoms with Gasteiger partial charge in [-0.05, 0) is 31.0 Å². The third-order valence-corrected chi connectivity index (χ3v) is 5.21. The number of hydrogen-bond acceptors (Lipinski definition) is 4. The number of anilines is 1. The molecular weight excluding hydrogens is 303 g/mol. The summed E-state index contributed by atoms with van der Waals surface area (Å²) in [6, 6.07) is 4.55.